The summed E-state index contributed by atoms with van der Waals surface area (Å²) in [6.07, 6.45) is 9.37. The molecule has 4 heteroatoms. The highest BCUT2D eigenvalue weighted by atomic mass is 16.4. The molecule has 0 spiro atoms. The number of rotatable bonds is 8. The lowest BCUT2D eigenvalue weighted by atomic mass is 9.82. The smallest absolute Gasteiger partial charge is 0.307 e. The van der Waals surface area contributed by atoms with Gasteiger partial charge in [-0.2, -0.15) is 0 Å². The van der Waals surface area contributed by atoms with E-state index in [1.807, 2.05) is 12.2 Å². The van der Waals surface area contributed by atoms with Crippen LogP contribution in [-0.4, -0.2) is 23.5 Å². The number of amides is 1. The predicted octanol–water partition coefficient (Wildman–Crippen LogP) is 2.84. The molecule has 0 aromatic heterocycles. The summed E-state index contributed by atoms with van der Waals surface area (Å²) in [5.41, 5.74) is 0. The van der Waals surface area contributed by atoms with Crippen molar-refractivity contribution in [3.8, 4) is 0 Å². The van der Waals surface area contributed by atoms with Crippen LogP contribution in [0.3, 0.4) is 0 Å². The number of carboxylic acid groups (broad SMARTS) is 1. The molecule has 5 atom stereocenters. The van der Waals surface area contributed by atoms with Gasteiger partial charge in [0.15, 0.2) is 0 Å². The van der Waals surface area contributed by atoms with Crippen LogP contribution in [0, 0.1) is 29.6 Å². The summed E-state index contributed by atoms with van der Waals surface area (Å²) in [6.45, 7) is 5.00. The molecule has 2 N–H and O–H groups in total. The molecule has 21 heavy (non-hydrogen) atoms. The number of carbonyl (C=O) groups excluding carboxylic acids is 1. The summed E-state index contributed by atoms with van der Waals surface area (Å²) in [4.78, 5) is 23.9. The number of aliphatic carboxylic acids is 1. The fraction of sp³-hybridized carbons (Fsp3) is 0.765. The van der Waals surface area contributed by atoms with Crippen molar-refractivity contribution in [3.63, 3.8) is 0 Å². The van der Waals surface area contributed by atoms with Crippen LogP contribution in [0.5, 0.6) is 0 Å². The van der Waals surface area contributed by atoms with Gasteiger partial charge in [0.2, 0.25) is 5.91 Å². The molecule has 0 saturated heterocycles. The zero-order valence-electron chi connectivity index (χ0n) is 13.0. The SMILES string of the molecule is CCCC[C@@H](CC)CNC(=O)[C@H]1[C@@H](C(=O)O)[C@H]2C=C[C@@H]1C2. The minimum atomic E-state index is -0.829. The Morgan fingerprint density at radius 2 is 1.90 bits per heavy atom. The average Bonchev–Trinajstić information content (AvgIpc) is 3.07. The Labute approximate surface area is 127 Å². The molecule has 0 radical (unpaired) electrons. The first-order valence-electron chi connectivity index (χ1n) is 8.27. The van der Waals surface area contributed by atoms with Crippen LogP contribution in [0.2, 0.25) is 0 Å². The highest BCUT2D eigenvalue weighted by molar-refractivity contribution is 5.86. The van der Waals surface area contributed by atoms with Gasteiger partial charge in [0.05, 0.1) is 11.8 Å². The van der Waals surface area contributed by atoms with Crippen LogP contribution in [0.25, 0.3) is 0 Å². The Balaban J connectivity index is 1.90. The van der Waals surface area contributed by atoms with Crippen molar-refractivity contribution < 1.29 is 14.7 Å². The van der Waals surface area contributed by atoms with Crippen LogP contribution in [0.1, 0.15) is 46.0 Å². The largest absolute Gasteiger partial charge is 0.481 e. The van der Waals surface area contributed by atoms with Gasteiger partial charge >= 0.3 is 5.97 Å². The van der Waals surface area contributed by atoms with Gasteiger partial charge in [-0.1, -0.05) is 45.3 Å². The fourth-order valence-electron chi connectivity index (χ4n) is 3.82. The van der Waals surface area contributed by atoms with Crippen molar-refractivity contribution in [1.29, 1.82) is 0 Å². The van der Waals surface area contributed by atoms with Crippen molar-refractivity contribution in [2.75, 3.05) is 6.54 Å². The summed E-state index contributed by atoms with van der Waals surface area (Å²) in [6, 6.07) is 0. The lowest BCUT2D eigenvalue weighted by molar-refractivity contribution is -0.147. The minimum Gasteiger partial charge on any atom is -0.481 e. The molecule has 0 aromatic rings. The van der Waals surface area contributed by atoms with Crippen molar-refractivity contribution in [1.82, 2.24) is 5.32 Å². The Morgan fingerprint density at radius 3 is 2.48 bits per heavy atom. The maximum absolute atomic E-state index is 12.4. The molecule has 0 unspecified atom stereocenters. The zero-order chi connectivity index (χ0) is 15.4. The topological polar surface area (TPSA) is 66.4 Å². The van der Waals surface area contributed by atoms with Crippen LogP contribution in [0.15, 0.2) is 12.2 Å². The van der Waals surface area contributed by atoms with E-state index in [1.54, 1.807) is 0 Å². The van der Waals surface area contributed by atoms with Gasteiger partial charge in [-0.3, -0.25) is 9.59 Å². The molecular formula is C17H27NO3. The second kappa shape index (κ2) is 7.10. The summed E-state index contributed by atoms with van der Waals surface area (Å²) in [5.74, 6) is -1.13. The molecule has 118 valence electrons. The molecule has 0 aliphatic heterocycles. The van der Waals surface area contributed by atoms with Gasteiger partial charge < -0.3 is 10.4 Å². The number of unbranched alkanes of at least 4 members (excludes halogenated alkanes) is 1. The Bertz CT molecular complexity index is 418. The molecule has 0 aromatic carbocycles. The zero-order valence-corrected chi connectivity index (χ0v) is 13.0. The van der Waals surface area contributed by atoms with Gasteiger partial charge in [-0.15, -0.1) is 0 Å². The first kappa shape index (κ1) is 16.1. The van der Waals surface area contributed by atoms with E-state index in [0.717, 1.165) is 19.3 Å². The summed E-state index contributed by atoms with van der Waals surface area (Å²) >= 11 is 0. The molecule has 2 rings (SSSR count). The second-order valence-electron chi connectivity index (χ2n) is 6.50. The molecule has 1 fully saturated rings. The van der Waals surface area contributed by atoms with E-state index in [0.29, 0.717) is 12.5 Å². The molecule has 4 nitrogen and oxygen atoms in total. The summed E-state index contributed by atoms with van der Waals surface area (Å²) < 4.78 is 0. The van der Waals surface area contributed by atoms with Gasteiger partial charge in [-0.05, 0) is 30.6 Å². The Kier molecular flexibility index (Phi) is 5.43. The first-order valence-corrected chi connectivity index (χ1v) is 8.27. The van der Waals surface area contributed by atoms with E-state index in [1.165, 1.54) is 12.8 Å². The van der Waals surface area contributed by atoms with E-state index >= 15 is 0 Å². The van der Waals surface area contributed by atoms with E-state index in [-0.39, 0.29) is 23.7 Å². The lowest BCUT2D eigenvalue weighted by Crippen LogP contribution is -2.41. The molecule has 2 aliphatic carbocycles. The number of carboxylic acids is 1. The van der Waals surface area contributed by atoms with Gasteiger partial charge in [0, 0.05) is 6.54 Å². The quantitative estimate of drug-likeness (QED) is 0.676. The third-order valence-electron chi connectivity index (χ3n) is 5.16. The molecule has 1 amide bonds. The Morgan fingerprint density at radius 1 is 1.24 bits per heavy atom. The van der Waals surface area contributed by atoms with E-state index in [4.69, 9.17) is 0 Å². The third kappa shape index (κ3) is 3.47. The Hall–Kier alpha value is -1.32. The van der Waals surface area contributed by atoms with Crippen molar-refractivity contribution in [2.45, 2.75) is 46.0 Å². The van der Waals surface area contributed by atoms with Crippen LogP contribution in [-0.2, 0) is 9.59 Å². The van der Waals surface area contributed by atoms with E-state index in [9.17, 15) is 14.7 Å². The second-order valence-corrected chi connectivity index (χ2v) is 6.50. The van der Waals surface area contributed by atoms with Crippen molar-refractivity contribution in [2.24, 2.45) is 29.6 Å². The summed E-state index contributed by atoms with van der Waals surface area (Å²) in [7, 11) is 0. The standard InChI is InChI=1S/C17H27NO3/c1-3-5-6-11(4-2)10-18-16(19)14-12-7-8-13(9-12)15(14)17(20)21/h7-8,11-15H,3-6,9-10H2,1-2H3,(H,18,19)(H,20,21)/t11-,12-,13+,14-,15+/m1/s1. The van der Waals surface area contributed by atoms with Crippen LogP contribution >= 0.6 is 0 Å². The van der Waals surface area contributed by atoms with Gasteiger partial charge in [-0.25, -0.2) is 0 Å². The fourth-order valence-corrected chi connectivity index (χ4v) is 3.82. The molecule has 1 saturated carbocycles. The number of carbonyl (C=O) groups is 2. The monoisotopic (exact) mass is 293 g/mol. The average molecular weight is 293 g/mol. The molecule has 0 heterocycles. The van der Waals surface area contributed by atoms with E-state index < -0.39 is 11.9 Å². The highest BCUT2D eigenvalue weighted by Crippen LogP contribution is 2.48. The molecule has 2 aliphatic rings. The van der Waals surface area contributed by atoms with Crippen LogP contribution < -0.4 is 5.32 Å². The maximum atomic E-state index is 12.4. The number of allylic oxidation sites excluding steroid dienone is 2. The minimum absolute atomic E-state index is 0.0466. The van der Waals surface area contributed by atoms with Crippen molar-refractivity contribution in [3.05, 3.63) is 12.2 Å². The number of hydrogen-bond acceptors (Lipinski definition) is 2. The number of fused-ring (bicyclic) bond motifs is 2. The van der Waals surface area contributed by atoms with E-state index in [2.05, 4.69) is 19.2 Å². The van der Waals surface area contributed by atoms with Crippen molar-refractivity contribution >= 4 is 11.9 Å². The highest BCUT2D eigenvalue weighted by Gasteiger charge is 2.51. The normalized spacial score (nSPS) is 31.3. The van der Waals surface area contributed by atoms with Crippen LogP contribution in [0.4, 0.5) is 0 Å². The molecular weight excluding hydrogens is 266 g/mol. The summed E-state index contributed by atoms with van der Waals surface area (Å²) in [5, 5.41) is 12.4. The number of nitrogens with one attached hydrogen (secondary N) is 1. The molecule has 2 bridgehead atoms. The third-order valence-corrected chi connectivity index (χ3v) is 5.16. The van der Waals surface area contributed by atoms with Gasteiger partial charge in [0.1, 0.15) is 0 Å². The first-order chi connectivity index (χ1) is 10.1. The predicted molar refractivity (Wildman–Crippen MR) is 81.7 cm³/mol. The number of hydrogen-bond donors (Lipinski definition) is 2. The van der Waals surface area contributed by atoms with Gasteiger partial charge in [0.25, 0.3) is 0 Å². The maximum Gasteiger partial charge on any atom is 0.307 e. The lowest BCUT2D eigenvalue weighted by Gasteiger charge is -2.25.